The summed E-state index contributed by atoms with van der Waals surface area (Å²) < 4.78 is 63.5. The summed E-state index contributed by atoms with van der Waals surface area (Å²) in [6.45, 7) is 9.00. The van der Waals surface area contributed by atoms with Crippen LogP contribution in [0.1, 0.15) is 41.4 Å². The number of amides is 3. The normalized spacial score (nSPS) is 16.1. The van der Waals surface area contributed by atoms with Gasteiger partial charge >= 0.3 is 12.0 Å². The lowest BCUT2D eigenvalue weighted by Gasteiger charge is -2.28. The van der Waals surface area contributed by atoms with E-state index in [9.17, 15) is 27.2 Å². The zero-order valence-electron chi connectivity index (χ0n) is 29.6. The molecule has 0 bridgehead atoms. The first kappa shape index (κ1) is 38.0. The first-order valence-electron chi connectivity index (χ1n) is 16.5. The number of rotatable bonds is 7. The molecule has 3 aliphatic rings. The Labute approximate surface area is 313 Å². The zero-order valence-corrected chi connectivity index (χ0v) is 31.2. The van der Waals surface area contributed by atoms with E-state index in [1.54, 1.807) is 19.9 Å². The van der Waals surface area contributed by atoms with Crippen molar-refractivity contribution in [1.29, 1.82) is 0 Å². The number of aromatic nitrogens is 4. The first-order chi connectivity index (χ1) is 25.6. The first-order valence-corrected chi connectivity index (χ1v) is 18.7. The third kappa shape index (κ3) is 8.56. The molecule has 0 aliphatic carbocycles. The largest absolute Gasteiger partial charge is 0.481 e. The van der Waals surface area contributed by atoms with E-state index in [0.717, 1.165) is 18.8 Å². The minimum absolute atomic E-state index is 0.0390. The monoisotopic (exact) mass is 778 g/mol. The number of terminal acetylenes is 1. The quantitative estimate of drug-likeness (QED) is 0.206. The molecule has 2 N–H and O–H groups in total. The number of ether oxygens (including phenoxy) is 3. The number of esters is 1. The van der Waals surface area contributed by atoms with Gasteiger partial charge in [0.15, 0.2) is 12.4 Å². The summed E-state index contributed by atoms with van der Waals surface area (Å²) in [6.07, 6.45) is 5.80. The Morgan fingerprint density at radius 1 is 1.17 bits per heavy atom. The molecule has 2 aromatic carbocycles. The fraction of sp³-hybridized carbons (Fsp3) is 0.343. The minimum Gasteiger partial charge on any atom is -0.481 e. The van der Waals surface area contributed by atoms with Crippen molar-refractivity contribution >= 4 is 56.8 Å². The van der Waals surface area contributed by atoms with E-state index in [1.807, 2.05) is 9.29 Å². The number of sulfonamides is 1. The van der Waals surface area contributed by atoms with E-state index >= 15 is 0 Å². The standard InChI is InChI=1S/C18H17FN4O2S.C17H18N4O6S/c1-4-5-22-13-7-12(11(19)6-14(13)25-9-16(22)24)20-17-23-10-18(2,3)8-15(23)21-26-17;1-10-7-11(2)19-16(18-10)20-17(23)21-28(24,25)14-6-4-3-5-13(14)15(22)27-12-8-26-9-12/h1,6-7H,5,8-10H2,2-3H3;3-7,12H,8-9H2,1-2H3,(H2,18,19,20,21,23). The number of hydrogen-bond donors (Lipinski definition) is 2. The minimum atomic E-state index is -4.35. The van der Waals surface area contributed by atoms with E-state index in [2.05, 4.69) is 44.4 Å². The van der Waals surface area contributed by atoms with Gasteiger partial charge in [0, 0.05) is 42.0 Å². The van der Waals surface area contributed by atoms with Crippen LogP contribution in [0.4, 0.5) is 26.5 Å². The third-order valence-corrected chi connectivity index (χ3v) is 10.3. The molecule has 3 aliphatic heterocycles. The predicted molar refractivity (Wildman–Crippen MR) is 193 cm³/mol. The van der Waals surface area contributed by atoms with Crippen molar-refractivity contribution in [1.82, 2.24) is 23.6 Å². The molecule has 2 aromatic heterocycles. The van der Waals surface area contributed by atoms with Crippen LogP contribution in [0, 0.1) is 37.4 Å². The van der Waals surface area contributed by atoms with Gasteiger partial charge in [0.25, 0.3) is 15.9 Å². The summed E-state index contributed by atoms with van der Waals surface area (Å²) in [5, 5.41) is 2.26. The number of nitrogens with one attached hydrogen (secondary N) is 2. The highest BCUT2D eigenvalue weighted by molar-refractivity contribution is 7.90. The Morgan fingerprint density at radius 3 is 2.57 bits per heavy atom. The van der Waals surface area contributed by atoms with Gasteiger partial charge in [-0.15, -0.1) is 6.42 Å². The van der Waals surface area contributed by atoms with Gasteiger partial charge in [-0.2, -0.15) is 4.37 Å². The van der Waals surface area contributed by atoms with Gasteiger partial charge < -0.3 is 18.8 Å². The average molecular weight is 779 g/mol. The Morgan fingerprint density at radius 2 is 1.89 bits per heavy atom. The molecular formula is C35H35FN8O8S2. The van der Waals surface area contributed by atoms with Crippen molar-refractivity contribution in [2.75, 3.05) is 36.6 Å². The summed E-state index contributed by atoms with van der Waals surface area (Å²) in [5.74, 6) is 2.07. The van der Waals surface area contributed by atoms with E-state index in [4.69, 9.17) is 20.6 Å². The van der Waals surface area contributed by atoms with Crippen molar-refractivity contribution in [3.8, 4) is 18.1 Å². The fourth-order valence-electron chi connectivity index (χ4n) is 5.70. The molecular weight excluding hydrogens is 744 g/mol. The van der Waals surface area contributed by atoms with Crippen LogP contribution in [0.2, 0.25) is 0 Å². The molecule has 0 unspecified atom stereocenters. The van der Waals surface area contributed by atoms with Crippen LogP contribution in [-0.2, 0) is 37.3 Å². The van der Waals surface area contributed by atoms with Crippen molar-refractivity contribution in [3.63, 3.8) is 0 Å². The number of anilines is 2. The number of carbonyl (C=O) groups is 3. The number of carbonyl (C=O) groups excluding carboxylic acids is 3. The average Bonchev–Trinajstić information content (AvgIpc) is 3.58. The van der Waals surface area contributed by atoms with Crippen molar-refractivity contribution in [3.05, 3.63) is 75.9 Å². The van der Waals surface area contributed by atoms with E-state index < -0.39 is 33.9 Å². The highest BCUT2D eigenvalue weighted by atomic mass is 32.2. The number of nitrogens with zero attached hydrogens (tertiary/aromatic N) is 6. The fourth-order valence-corrected chi connectivity index (χ4v) is 7.56. The second kappa shape index (κ2) is 15.3. The van der Waals surface area contributed by atoms with Crippen molar-refractivity contribution in [2.45, 2.75) is 51.7 Å². The molecule has 0 saturated carbocycles. The van der Waals surface area contributed by atoms with Gasteiger partial charge in [-0.3, -0.25) is 15.0 Å². The molecule has 1 fully saturated rings. The molecule has 4 aromatic rings. The molecule has 1 saturated heterocycles. The highest BCUT2D eigenvalue weighted by Gasteiger charge is 2.32. The number of benzene rings is 2. The number of hydrogen-bond acceptors (Lipinski definition) is 13. The molecule has 0 radical (unpaired) electrons. The van der Waals surface area contributed by atoms with Crippen molar-refractivity contribution < 1.29 is 41.4 Å². The molecule has 54 heavy (non-hydrogen) atoms. The lowest BCUT2D eigenvalue weighted by molar-refractivity contribution is -0.121. The highest BCUT2D eigenvalue weighted by Crippen LogP contribution is 2.37. The number of urea groups is 1. The van der Waals surface area contributed by atoms with Gasteiger partial charge in [-0.05, 0) is 43.5 Å². The second-order valence-electron chi connectivity index (χ2n) is 13.3. The van der Waals surface area contributed by atoms with E-state index in [-0.39, 0.29) is 59.8 Å². The molecule has 0 atom stereocenters. The summed E-state index contributed by atoms with van der Waals surface area (Å²) in [6, 6.07) is 8.85. The van der Waals surface area contributed by atoms with Crippen LogP contribution in [0.5, 0.6) is 5.75 Å². The maximum Gasteiger partial charge on any atom is 0.339 e. The van der Waals surface area contributed by atoms with Crippen LogP contribution < -0.4 is 24.5 Å². The van der Waals surface area contributed by atoms with Gasteiger partial charge in [0.05, 0.1) is 31.0 Å². The Kier molecular flexibility index (Phi) is 10.8. The van der Waals surface area contributed by atoms with Crippen LogP contribution in [0.25, 0.3) is 0 Å². The van der Waals surface area contributed by atoms with Crippen LogP contribution in [0.15, 0.2) is 52.4 Å². The SMILES string of the molecule is C#CCN1C(=O)COc2cc(F)c(N=c3snc4n3CC(C)(C)C4)cc21.Cc1cc(C)nc(NC(=O)NS(=O)(=O)c2ccccc2C(=O)OC2COC2)n1. The molecule has 7 rings (SSSR count). The van der Waals surface area contributed by atoms with Crippen molar-refractivity contribution in [2.24, 2.45) is 10.4 Å². The maximum absolute atomic E-state index is 14.5. The Hall–Kier alpha value is -5.71. The molecule has 0 spiro atoms. The summed E-state index contributed by atoms with van der Waals surface area (Å²) in [5.41, 5.74) is 1.71. The topological polar surface area (TPSA) is 196 Å². The lowest BCUT2D eigenvalue weighted by Crippen LogP contribution is -2.39. The molecule has 3 amide bonds. The molecule has 19 heteroatoms. The molecule has 5 heterocycles. The van der Waals surface area contributed by atoms with Crippen LogP contribution in [-0.4, -0.2) is 77.7 Å². The second-order valence-corrected chi connectivity index (χ2v) is 15.6. The molecule has 282 valence electrons. The summed E-state index contributed by atoms with van der Waals surface area (Å²) in [4.78, 5) is 50.6. The number of halogens is 1. The Bertz CT molecular complexity index is 2350. The third-order valence-electron chi connectivity index (χ3n) is 8.15. The molecule has 16 nitrogen and oxygen atoms in total. The van der Waals surface area contributed by atoms with Crippen LogP contribution in [0.3, 0.4) is 0 Å². The van der Waals surface area contributed by atoms with Crippen LogP contribution >= 0.6 is 11.5 Å². The lowest BCUT2D eigenvalue weighted by atomic mass is 9.92. The van der Waals surface area contributed by atoms with E-state index in [0.29, 0.717) is 27.6 Å². The van der Waals surface area contributed by atoms with E-state index in [1.165, 1.54) is 52.8 Å². The predicted octanol–water partition coefficient (Wildman–Crippen LogP) is 3.42. The summed E-state index contributed by atoms with van der Waals surface area (Å²) >= 11 is 1.24. The smallest absolute Gasteiger partial charge is 0.339 e. The maximum atomic E-state index is 14.5. The number of aryl methyl sites for hydroxylation is 2. The van der Waals surface area contributed by atoms with Gasteiger partial charge in [0.1, 0.15) is 28.3 Å². The summed E-state index contributed by atoms with van der Waals surface area (Å²) in [7, 11) is -4.35. The van der Waals surface area contributed by atoms with Gasteiger partial charge in [-0.25, -0.2) is 42.1 Å². The Balaban J connectivity index is 0.000000185. The van der Waals surface area contributed by atoms with Gasteiger partial charge in [0.2, 0.25) is 10.7 Å². The number of fused-ring (bicyclic) bond motifs is 2. The van der Waals surface area contributed by atoms with Gasteiger partial charge in [-0.1, -0.05) is 31.9 Å². The zero-order chi connectivity index (χ0) is 38.8.